The van der Waals surface area contributed by atoms with Crippen LogP contribution >= 0.6 is 11.8 Å². The molecule has 0 bridgehead atoms. The summed E-state index contributed by atoms with van der Waals surface area (Å²) in [5.74, 6) is -1.22. The van der Waals surface area contributed by atoms with Crippen molar-refractivity contribution >= 4 is 28.8 Å². The lowest BCUT2D eigenvalue weighted by atomic mass is 9.93. The van der Waals surface area contributed by atoms with Crippen LogP contribution in [0, 0.1) is 5.82 Å². The molecule has 1 aromatic carbocycles. The lowest BCUT2D eigenvalue weighted by molar-refractivity contribution is -0.141. The number of hydrogen-bond donors (Lipinski definition) is 1. The van der Waals surface area contributed by atoms with Crippen molar-refractivity contribution in [2.45, 2.75) is 38.3 Å². The minimum absolute atomic E-state index is 0.0354. The summed E-state index contributed by atoms with van der Waals surface area (Å²) in [7, 11) is 1.51. The molecule has 2 atom stereocenters. The summed E-state index contributed by atoms with van der Waals surface area (Å²) in [5, 5.41) is 5.33. The number of benzene rings is 1. The van der Waals surface area contributed by atoms with E-state index in [0.717, 1.165) is 19.4 Å². The number of carbonyl (C=O) groups excluding carboxylic acids is 2. The number of fused-ring (bicyclic) bond motifs is 1. The minimum atomic E-state index is -0.809. The van der Waals surface area contributed by atoms with Crippen molar-refractivity contribution in [3.8, 4) is 0 Å². The molecule has 1 N–H and O–H groups in total. The summed E-state index contributed by atoms with van der Waals surface area (Å²) < 4.78 is 30.9. The summed E-state index contributed by atoms with van der Waals surface area (Å²) in [6.07, 6.45) is 2.02. The Balaban J connectivity index is 1.59. The quantitative estimate of drug-likeness (QED) is 0.421. The monoisotopic (exact) mass is 489 g/mol. The number of amides is 1. The van der Waals surface area contributed by atoms with E-state index in [1.165, 1.54) is 24.9 Å². The largest absolute Gasteiger partial charge is 0.460 e. The van der Waals surface area contributed by atoms with E-state index >= 15 is 4.39 Å². The van der Waals surface area contributed by atoms with Gasteiger partial charge in [-0.15, -0.1) is 0 Å². The maximum atomic E-state index is 15.0. The molecule has 34 heavy (non-hydrogen) atoms. The van der Waals surface area contributed by atoms with E-state index in [4.69, 9.17) is 14.2 Å². The van der Waals surface area contributed by atoms with Crippen LogP contribution < -0.4 is 5.32 Å². The van der Waals surface area contributed by atoms with Gasteiger partial charge in [-0.05, 0) is 31.2 Å². The molecule has 0 saturated carbocycles. The number of esters is 1. The summed E-state index contributed by atoms with van der Waals surface area (Å²) in [6.45, 7) is 3.18. The van der Waals surface area contributed by atoms with E-state index in [2.05, 4.69) is 10.3 Å². The minimum Gasteiger partial charge on any atom is -0.460 e. The SMILES string of the molecule is COCCOC(=O)C1=C(C)N=C2SC=C(CC(=O)NCC3CCCO3)N2C1c1ccccc1F. The number of rotatable bonds is 9. The Bertz CT molecular complexity index is 1040. The molecule has 0 aromatic heterocycles. The Labute approximate surface area is 202 Å². The van der Waals surface area contributed by atoms with Gasteiger partial charge >= 0.3 is 5.97 Å². The second-order valence-electron chi connectivity index (χ2n) is 8.16. The lowest BCUT2D eigenvalue weighted by Crippen LogP contribution is -2.39. The van der Waals surface area contributed by atoms with Crippen LogP contribution in [0.4, 0.5) is 4.39 Å². The first-order valence-electron chi connectivity index (χ1n) is 11.2. The highest BCUT2D eigenvalue weighted by Gasteiger charge is 2.42. The molecule has 1 fully saturated rings. The van der Waals surface area contributed by atoms with Gasteiger partial charge in [0, 0.05) is 31.5 Å². The predicted octanol–water partition coefficient (Wildman–Crippen LogP) is 3.28. The van der Waals surface area contributed by atoms with Crippen LogP contribution in [0.3, 0.4) is 0 Å². The van der Waals surface area contributed by atoms with Crippen LogP contribution in [0.2, 0.25) is 0 Å². The first-order valence-corrected chi connectivity index (χ1v) is 12.1. The van der Waals surface area contributed by atoms with E-state index in [1.807, 2.05) is 5.41 Å². The van der Waals surface area contributed by atoms with Crippen molar-refractivity contribution in [2.75, 3.05) is 33.5 Å². The molecule has 182 valence electrons. The number of ether oxygens (including phenoxy) is 3. The molecule has 1 saturated heterocycles. The number of thioether (sulfide) groups is 1. The number of aliphatic imine (C=N–C) groups is 1. The van der Waals surface area contributed by atoms with Gasteiger partial charge in [-0.25, -0.2) is 14.2 Å². The zero-order valence-electron chi connectivity index (χ0n) is 19.2. The molecule has 3 heterocycles. The van der Waals surface area contributed by atoms with Gasteiger partial charge in [0.2, 0.25) is 5.91 Å². The van der Waals surface area contributed by atoms with Gasteiger partial charge in [0.15, 0.2) is 5.17 Å². The molecule has 8 nitrogen and oxygen atoms in total. The summed E-state index contributed by atoms with van der Waals surface area (Å²) in [4.78, 5) is 32.1. The number of carbonyl (C=O) groups is 2. The Morgan fingerprint density at radius 3 is 2.88 bits per heavy atom. The van der Waals surface area contributed by atoms with Crippen LogP contribution in [-0.2, 0) is 23.8 Å². The summed E-state index contributed by atoms with van der Waals surface area (Å²) in [6, 6.07) is 5.49. The molecule has 0 radical (unpaired) electrons. The first kappa shape index (κ1) is 24.4. The Morgan fingerprint density at radius 1 is 1.32 bits per heavy atom. The fraction of sp³-hybridized carbons (Fsp3) is 0.458. The topological polar surface area (TPSA) is 89.5 Å². The fourth-order valence-corrected chi connectivity index (χ4v) is 5.14. The van der Waals surface area contributed by atoms with Gasteiger partial charge in [0.25, 0.3) is 0 Å². The molecule has 10 heteroatoms. The number of amidine groups is 1. The molecule has 3 aliphatic heterocycles. The van der Waals surface area contributed by atoms with E-state index in [0.29, 0.717) is 28.7 Å². The van der Waals surface area contributed by atoms with E-state index in [1.54, 1.807) is 30.0 Å². The van der Waals surface area contributed by atoms with Crippen LogP contribution in [0.1, 0.15) is 37.8 Å². The van der Waals surface area contributed by atoms with E-state index < -0.39 is 17.8 Å². The van der Waals surface area contributed by atoms with Crippen molar-refractivity contribution in [3.63, 3.8) is 0 Å². The Kier molecular flexibility index (Phi) is 8.02. The zero-order valence-corrected chi connectivity index (χ0v) is 20.0. The van der Waals surface area contributed by atoms with Gasteiger partial charge in [-0.3, -0.25) is 4.79 Å². The number of nitrogens with zero attached hydrogens (tertiary/aromatic N) is 2. The molecule has 4 rings (SSSR count). The summed E-state index contributed by atoms with van der Waals surface area (Å²) >= 11 is 1.34. The van der Waals surface area contributed by atoms with Gasteiger partial charge in [0.1, 0.15) is 12.4 Å². The van der Waals surface area contributed by atoms with Crippen LogP contribution in [0.15, 0.2) is 51.6 Å². The molecule has 2 unspecified atom stereocenters. The van der Waals surface area contributed by atoms with Gasteiger partial charge in [0.05, 0.1) is 36.4 Å². The molecule has 1 amide bonds. The molecule has 0 aliphatic carbocycles. The van der Waals surface area contributed by atoms with Crippen molar-refractivity contribution in [1.29, 1.82) is 0 Å². The standard InChI is InChI=1S/C24H28FN3O5S/c1-15-21(23(30)33-11-10-31-2)22(18-7-3-4-8-19(18)25)28-16(14-34-24(28)27-15)12-20(29)26-13-17-6-5-9-32-17/h3-4,7-8,14,17,22H,5-6,9-13H2,1-2H3,(H,26,29). The zero-order chi connectivity index (χ0) is 24.1. The molecular weight excluding hydrogens is 461 g/mol. The first-order chi connectivity index (χ1) is 16.5. The normalized spacial score (nSPS) is 21.8. The second-order valence-corrected chi connectivity index (χ2v) is 9.00. The Hall–Kier alpha value is -2.69. The van der Waals surface area contributed by atoms with Crippen molar-refractivity contribution in [2.24, 2.45) is 4.99 Å². The van der Waals surface area contributed by atoms with Crippen LogP contribution in [-0.4, -0.2) is 61.5 Å². The van der Waals surface area contributed by atoms with Crippen molar-refractivity contribution < 1.29 is 28.2 Å². The molecule has 0 spiro atoms. The maximum Gasteiger partial charge on any atom is 0.338 e. The highest BCUT2D eigenvalue weighted by atomic mass is 32.2. The van der Waals surface area contributed by atoms with Crippen molar-refractivity contribution in [1.82, 2.24) is 10.2 Å². The fourth-order valence-electron chi connectivity index (χ4n) is 4.18. The molecule has 1 aromatic rings. The van der Waals surface area contributed by atoms with Gasteiger partial charge < -0.3 is 24.4 Å². The second kappa shape index (κ2) is 11.2. The number of halogens is 1. The highest BCUT2D eigenvalue weighted by molar-refractivity contribution is 8.16. The average Bonchev–Trinajstić information content (AvgIpc) is 3.47. The maximum absolute atomic E-state index is 15.0. The van der Waals surface area contributed by atoms with Crippen LogP contribution in [0.5, 0.6) is 0 Å². The smallest absolute Gasteiger partial charge is 0.338 e. The third-order valence-electron chi connectivity index (χ3n) is 5.83. The number of methoxy groups -OCH3 is 1. The Morgan fingerprint density at radius 2 is 2.15 bits per heavy atom. The number of allylic oxidation sites excluding steroid dienone is 1. The van der Waals surface area contributed by atoms with Crippen molar-refractivity contribution in [3.05, 3.63) is 58.0 Å². The van der Waals surface area contributed by atoms with E-state index in [9.17, 15) is 9.59 Å². The lowest BCUT2D eigenvalue weighted by Gasteiger charge is -2.36. The molecular formula is C24H28FN3O5S. The van der Waals surface area contributed by atoms with Gasteiger partial charge in [-0.1, -0.05) is 30.0 Å². The van der Waals surface area contributed by atoms with Crippen LogP contribution in [0.25, 0.3) is 0 Å². The predicted molar refractivity (Wildman–Crippen MR) is 126 cm³/mol. The number of nitrogens with one attached hydrogen (secondary N) is 1. The number of hydrogen-bond acceptors (Lipinski definition) is 8. The average molecular weight is 490 g/mol. The van der Waals surface area contributed by atoms with E-state index in [-0.39, 0.29) is 37.2 Å². The molecule has 3 aliphatic rings. The third-order valence-corrected chi connectivity index (χ3v) is 6.72. The highest BCUT2D eigenvalue weighted by Crippen LogP contribution is 2.45. The van der Waals surface area contributed by atoms with Gasteiger partial charge in [-0.2, -0.15) is 0 Å². The summed E-state index contributed by atoms with van der Waals surface area (Å²) in [5.41, 5.74) is 1.63. The third kappa shape index (κ3) is 5.34.